The van der Waals surface area contributed by atoms with E-state index in [1.54, 1.807) is 0 Å². The summed E-state index contributed by atoms with van der Waals surface area (Å²) in [4.78, 5) is 7.07. The number of aromatic nitrogens is 3. The van der Waals surface area contributed by atoms with Gasteiger partial charge in [0.05, 0.1) is 5.69 Å². The van der Waals surface area contributed by atoms with Gasteiger partial charge in [0, 0.05) is 30.4 Å². The molecule has 1 saturated heterocycles. The Morgan fingerprint density at radius 3 is 2.95 bits per heavy atom. The van der Waals surface area contributed by atoms with Crippen molar-refractivity contribution in [2.75, 3.05) is 25.0 Å². The zero-order valence-corrected chi connectivity index (χ0v) is 12.6. The Balaban J connectivity index is 1.80. The molecule has 2 aromatic rings. The average molecular weight is 273 g/mol. The molecule has 1 aliphatic heterocycles. The number of nitrogens with one attached hydrogen (secondary N) is 1. The first-order chi connectivity index (χ1) is 9.67. The molecular formula is C15H23N5. The summed E-state index contributed by atoms with van der Waals surface area (Å²) in [6.07, 6.45) is 2.60. The van der Waals surface area contributed by atoms with E-state index in [9.17, 15) is 0 Å². The molecule has 3 rings (SSSR count). The highest BCUT2D eigenvalue weighted by molar-refractivity contribution is 5.50. The van der Waals surface area contributed by atoms with Crippen LogP contribution in [0, 0.1) is 13.8 Å². The molecule has 1 N–H and O–H groups in total. The van der Waals surface area contributed by atoms with E-state index < -0.39 is 0 Å². The molecule has 0 unspecified atom stereocenters. The second-order valence-electron chi connectivity index (χ2n) is 5.64. The van der Waals surface area contributed by atoms with Gasteiger partial charge in [-0.05, 0) is 39.8 Å². The first-order valence-corrected chi connectivity index (χ1v) is 7.49. The van der Waals surface area contributed by atoms with Crippen molar-refractivity contribution in [2.45, 2.75) is 39.7 Å². The standard InChI is InChI=1S/C15H23N5/c1-4-19-7-5-6-13(19)10-16-14-8-11(2)17-15-9-12(3)18-20(14)15/h8-9,13,16H,4-7,10H2,1-3H3/t13-/m0/s1. The zero-order valence-electron chi connectivity index (χ0n) is 12.6. The summed E-state index contributed by atoms with van der Waals surface area (Å²) in [6.45, 7) is 9.62. The number of rotatable bonds is 4. The molecule has 0 radical (unpaired) electrons. The highest BCUT2D eigenvalue weighted by atomic mass is 15.3. The van der Waals surface area contributed by atoms with Gasteiger partial charge in [0.2, 0.25) is 0 Å². The van der Waals surface area contributed by atoms with Crippen LogP contribution < -0.4 is 5.32 Å². The molecule has 20 heavy (non-hydrogen) atoms. The van der Waals surface area contributed by atoms with Crippen molar-refractivity contribution in [1.29, 1.82) is 0 Å². The largest absolute Gasteiger partial charge is 0.368 e. The molecular weight excluding hydrogens is 250 g/mol. The van der Waals surface area contributed by atoms with Crippen LogP contribution in [0.4, 0.5) is 5.82 Å². The fraction of sp³-hybridized carbons (Fsp3) is 0.600. The molecule has 0 bridgehead atoms. The van der Waals surface area contributed by atoms with Crippen molar-refractivity contribution < 1.29 is 0 Å². The second-order valence-corrected chi connectivity index (χ2v) is 5.64. The van der Waals surface area contributed by atoms with E-state index in [-0.39, 0.29) is 0 Å². The molecule has 2 aromatic heterocycles. The van der Waals surface area contributed by atoms with E-state index >= 15 is 0 Å². The van der Waals surface area contributed by atoms with E-state index in [1.165, 1.54) is 19.4 Å². The lowest BCUT2D eigenvalue weighted by atomic mass is 10.2. The van der Waals surface area contributed by atoms with Crippen molar-refractivity contribution in [3.8, 4) is 0 Å². The Kier molecular flexibility index (Phi) is 3.61. The van der Waals surface area contributed by atoms with Gasteiger partial charge in [-0.25, -0.2) is 4.98 Å². The Bertz CT molecular complexity index is 604. The van der Waals surface area contributed by atoms with Crippen LogP contribution in [0.15, 0.2) is 12.1 Å². The van der Waals surface area contributed by atoms with Crippen molar-refractivity contribution in [3.63, 3.8) is 0 Å². The van der Waals surface area contributed by atoms with Gasteiger partial charge in [0.25, 0.3) is 0 Å². The van der Waals surface area contributed by atoms with Crippen LogP contribution in [-0.2, 0) is 0 Å². The molecule has 0 aliphatic carbocycles. The molecule has 1 atom stereocenters. The van der Waals surface area contributed by atoms with E-state index in [2.05, 4.69) is 33.3 Å². The quantitative estimate of drug-likeness (QED) is 0.928. The minimum absolute atomic E-state index is 0.639. The summed E-state index contributed by atoms with van der Waals surface area (Å²) >= 11 is 0. The highest BCUT2D eigenvalue weighted by Gasteiger charge is 2.22. The summed E-state index contributed by atoms with van der Waals surface area (Å²) in [5, 5.41) is 8.08. The molecule has 108 valence electrons. The minimum Gasteiger partial charge on any atom is -0.368 e. The van der Waals surface area contributed by atoms with Gasteiger partial charge >= 0.3 is 0 Å². The summed E-state index contributed by atoms with van der Waals surface area (Å²) in [6, 6.07) is 4.73. The lowest BCUT2D eigenvalue weighted by Gasteiger charge is -2.23. The Hall–Kier alpha value is -1.62. The van der Waals surface area contributed by atoms with E-state index in [1.807, 2.05) is 24.4 Å². The van der Waals surface area contributed by atoms with E-state index in [0.717, 1.165) is 35.9 Å². The average Bonchev–Trinajstić information content (AvgIpc) is 3.00. The number of likely N-dealkylation sites (tertiary alicyclic amines) is 1. The van der Waals surface area contributed by atoms with Crippen LogP contribution >= 0.6 is 0 Å². The molecule has 5 heteroatoms. The third kappa shape index (κ3) is 2.50. The van der Waals surface area contributed by atoms with Crippen molar-refractivity contribution >= 4 is 11.5 Å². The third-order valence-corrected chi connectivity index (χ3v) is 4.10. The van der Waals surface area contributed by atoms with Crippen molar-refractivity contribution in [1.82, 2.24) is 19.5 Å². The summed E-state index contributed by atoms with van der Waals surface area (Å²) in [5.74, 6) is 1.04. The SMILES string of the molecule is CCN1CCC[C@H]1CNc1cc(C)nc2cc(C)nn12. The number of nitrogens with zero attached hydrogens (tertiary/aromatic N) is 4. The van der Waals surface area contributed by atoms with Gasteiger partial charge in [-0.2, -0.15) is 9.61 Å². The van der Waals surface area contributed by atoms with Gasteiger partial charge < -0.3 is 5.32 Å². The van der Waals surface area contributed by atoms with Crippen LogP contribution in [-0.4, -0.2) is 45.2 Å². The first kappa shape index (κ1) is 13.4. The molecule has 0 amide bonds. The smallest absolute Gasteiger partial charge is 0.157 e. The van der Waals surface area contributed by atoms with Crippen LogP contribution in [0.3, 0.4) is 0 Å². The van der Waals surface area contributed by atoms with Crippen LogP contribution in [0.2, 0.25) is 0 Å². The molecule has 5 nitrogen and oxygen atoms in total. The topological polar surface area (TPSA) is 45.5 Å². The highest BCUT2D eigenvalue weighted by Crippen LogP contribution is 2.18. The maximum atomic E-state index is 4.52. The molecule has 1 aliphatic rings. The Morgan fingerprint density at radius 2 is 2.15 bits per heavy atom. The predicted octanol–water partition coefficient (Wildman–Crippen LogP) is 2.24. The summed E-state index contributed by atoms with van der Waals surface area (Å²) < 4.78 is 1.91. The normalized spacial score (nSPS) is 19.9. The maximum absolute atomic E-state index is 4.52. The number of hydrogen-bond donors (Lipinski definition) is 1. The van der Waals surface area contributed by atoms with Crippen LogP contribution in [0.25, 0.3) is 5.65 Å². The zero-order chi connectivity index (χ0) is 14.1. The fourth-order valence-electron chi connectivity index (χ4n) is 3.11. The number of hydrogen-bond acceptors (Lipinski definition) is 4. The lowest BCUT2D eigenvalue weighted by Crippen LogP contribution is -2.35. The summed E-state index contributed by atoms with van der Waals surface area (Å²) in [5.41, 5.74) is 2.95. The van der Waals surface area contributed by atoms with Gasteiger partial charge in [-0.15, -0.1) is 0 Å². The van der Waals surface area contributed by atoms with Crippen LogP contribution in [0.1, 0.15) is 31.2 Å². The van der Waals surface area contributed by atoms with Crippen molar-refractivity contribution in [2.24, 2.45) is 0 Å². The van der Waals surface area contributed by atoms with Crippen LogP contribution in [0.5, 0.6) is 0 Å². The number of anilines is 1. The lowest BCUT2D eigenvalue weighted by molar-refractivity contribution is 0.277. The van der Waals surface area contributed by atoms with Gasteiger partial charge in [0.15, 0.2) is 5.65 Å². The maximum Gasteiger partial charge on any atom is 0.157 e. The third-order valence-electron chi connectivity index (χ3n) is 4.10. The fourth-order valence-corrected chi connectivity index (χ4v) is 3.11. The van der Waals surface area contributed by atoms with Gasteiger partial charge in [0.1, 0.15) is 5.82 Å². The molecule has 0 saturated carbocycles. The van der Waals surface area contributed by atoms with Gasteiger partial charge in [-0.3, -0.25) is 4.90 Å². The molecule has 0 spiro atoms. The Labute approximate surface area is 120 Å². The van der Waals surface area contributed by atoms with E-state index in [0.29, 0.717) is 6.04 Å². The number of likely N-dealkylation sites (N-methyl/N-ethyl adjacent to an activating group) is 1. The first-order valence-electron chi connectivity index (χ1n) is 7.49. The van der Waals surface area contributed by atoms with E-state index in [4.69, 9.17) is 0 Å². The minimum atomic E-state index is 0.639. The Morgan fingerprint density at radius 1 is 1.30 bits per heavy atom. The second kappa shape index (κ2) is 5.40. The number of aryl methyl sites for hydroxylation is 2. The molecule has 1 fully saturated rings. The summed E-state index contributed by atoms with van der Waals surface area (Å²) in [7, 11) is 0. The molecule has 3 heterocycles. The number of fused-ring (bicyclic) bond motifs is 1. The monoisotopic (exact) mass is 273 g/mol. The molecule has 0 aromatic carbocycles. The van der Waals surface area contributed by atoms with Gasteiger partial charge in [-0.1, -0.05) is 6.92 Å². The van der Waals surface area contributed by atoms with Crippen molar-refractivity contribution in [3.05, 3.63) is 23.5 Å². The predicted molar refractivity (Wildman–Crippen MR) is 81.2 cm³/mol.